The van der Waals surface area contributed by atoms with E-state index in [-0.39, 0.29) is 11.3 Å². The number of pyridine rings is 1. The Bertz CT molecular complexity index is 1180. The molecule has 0 spiro atoms. The first-order valence-corrected chi connectivity index (χ1v) is 8.71. The van der Waals surface area contributed by atoms with E-state index in [1.807, 2.05) is 0 Å². The Kier molecular flexibility index (Phi) is 5.23. The van der Waals surface area contributed by atoms with E-state index >= 15 is 0 Å². The van der Waals surface area contributed by atoms with Gasteiger partial charge in [0.1, 0.15) is 5.75 Å². The second kappa shape index (κ2) is 7.87. The van der Waals surface area contributed by atoms with Crippen molar-refractivity contribution in [2.45, 2.75) is 19.1 Å². The molecule has 4 aromatic rings. The van der Waals surface area contributed by atoms with Crippen molar-refractivity contribution in [1.29, 1.82) is 0 Å². The number of hydrogen-bond donors (Lipinski definition) is 0. The van der Waals surface area contributed by atoms with Crippen LogP contribution in [0.5, 0.6) is 5.75 Å². The molecule has 0 radical (unpaired) electrons. The number of ether oxygens (including phenoxy) is 2. The van der Waals surface area contributed by atoms with Crippen LogP contribution in [-0.2, 0) is 17.5 Å². The Morgan fingerprint density at radius 3 is 2.26 bits per heavy atom. The van der Waals surface area contributed by atoms with Crippen LogP contribution in [0.3, 0.4) is 0 Å². The highest BCUT2D eigenvalue weighted by atomic mass is 19.4. The average molecular weight is 437 g/mol. The molecule has 3 aromatic heterocycles. The third-order valence-electron chi connectivity index (χ3n) is 4.11. The fourth-order valence-corrected chi connectivity index (χ4v) is 2.75. The van der Waals surface area contributed by atoms with Gasteiger partial charge in [0.15, 0.2) is 5.65 Å². The summed E-state index contributed by atoms with van der Waals surface area (Å²) in [4.78, 5) is 0. The molecule has 160 valence electrons. The van der Waals surface area contributed by atoms with E-state index in [1.54, 1.807) is 6.07 Å². The SMILES string of the molecule is FC(F)(F)Oc1ccc(-c2ccc3nnc(C(F)(F)OCc4cccnn4)n3c2)cc1. The first kappa shape index (κ1) is 20.6. The summed E-state index contributed by atoms with van der Waals surface area (Å²) in [6.07, 6.45) is -5.87. The lowest BCUT2D eigenvalue weighted by Crippen LogP contribution is -2.22. The van der Waals surface area contributed by atoms with Crippen molar-refractivity contribution >= 4 is 5.65 Å². The average Bonchev–Trinajstić information content (AvgIpc) is 3.17. The van der Waals surface area contributed by atoms with E-state index < -0.39 is 30.7 Å². The highest BCUT2D eigenvalue weighted by molar-refractivity contribution is 5.65. The third kappa shape index (κ3) is 4.74. The van der Waals surface area contributed by atoms with Gasteiger partial charge in [-0.2, -0.15) is 19.0 Å². The van der Waals surface area contributed by atoms with Crippen LogP contribution in [-0.4, -0.2) is 31.2 Å². The second-order valence-corrected chi connectivity index (χ2v) is 6.26. The zero-order valence-corrected chi connectivity index (χ0v) is 15.4. The van der Waals surface area contributed by atoms with Crippen LogP contribution in [0.15, 0.2) is 60.9 Å². The maximum atomic E-state index is 14.6. The molecule has 0 aliphatic heterocycles. The van der Waals surface area contributed by atoms with E-state index in [4.69, 9.17) is 4.74 Å². The van der Waals surface area contributed by atoms with Crippen molar-refractivity contribution in [2.24, 2.45) is 0 Å². The molecule has 0 amide bonds. The maximum absolute atomic E-state index is 14.6. The zero-order valence-electron chi connectivity index (χ0n) is 15.4. The first-order valence-electron chi connectivity index (χ1n) is 8.71. The summed E-state index contributed by atoms with van der Waals surface area (Å²) >= 11 is 0. The Hall–Kier alpha value is -3.67. The Balaban J connectivity index is 1.60. The Labute approximate surface area is 171 Å². The molecule has 0 atom stereocenters. The van der Waals surface area contributed by atoms with Crippen LogP contribution in [0.1, 0.15) is 11.5 Å². The minimum absolute atomic E-state index is 0.138. The van der Waals surface area contributed by atoms with Gasteiger partial charge in [-0.05, 0) is 47.5 Å². The molecule has 1 aromatic carbocycles. The van der Waals surface area contributed by atoms with Crippen molar-refractivity contribution < 1.29 is 31.4 Å². The summed E-state index contributed by atoms with van der Waals surface area (Å²) in [5, 5.41) is 14.5. The number of fused-ring (bicyclic) bond motifs is 1. The molecule has 0 bridgehead atoms. The topological polar surface area (TPSA) is 74.4 Å². The van der Waals surface area contributed by atoms with Gasteiger partial charge in [-0.3, -0.25) is 4.40 Å². The molecule has 0 aliphatic carbocycles. The first-order chi connectivity index (χ1) is 14.7. The number of aromatic nitrogens is 5. The van der Waals surface area contributed by atoms with Crippen molar-refractivity contribution in [3.8, 4) is 16.9 Å². The van der Waals surface area contributed by atoms with E-state index in [1.165, 1.54) is 42.7 Å². The van der Waals surface area contributed by atoms with Crippen LogP contribution >= 0.6 is 0 Å². The fraction of sp³-hybridized carbons (Fsp3) is 0.158. The molecule has 0 saturated heterocycles. The summed E-state index contributed by atoms with van der Waals surface area (Å²) in [6, 6.07) is 11.0. The molecule has 12 heteroatoms. The van der Waals surface area contributed by atoms with Gasteiger partial charge < -0.3 is 9.47 Å². The summed E-state index contributed by atoms with van der Waals surface area (Å²) in [6.45, 7) is -0.504. The lowest BCUT2D eigenvalue weighted by molar-refractivity contribution is -0.274. The molecular weight excluding hydrogens is 425 g/mol. The maximum Gasteiger partial charge on any atom is 0.573 e. The quantitative estimate of drug-likeness (QED) is 0.418. The third-order valence-corrected chi connectivity index (χ3v) is 4.11. The predicted octanol–water partition coefficient (Wildman–Crippen LogP) is 4.35. The molecular formula is C19H12F5N5O2. The molecule has 0 saturated carbocycles. The molecule has 31 heavy (non-hydrogen) atoms. The number of rotatable bonds is 6. The van der Waals surface area contributed by atoms with Gasteiger partial charge in [-0.25, -0.2) is 0 Å². The fourth-order valence-electron chi connectivity index (χ4n) is 2.75. The summed E-state index contributed by atoms with van der Waals surface area (Å²) < 4.78 is 75.7. The molecule has 4 rings (SSSR count). The number of nitrogens with zero attached hydrogens (tertiary/aromatic N) is 5. The van der Waals surface area contributed by atoms with Gasteiger partial charge in [0.2, 0.25) is 5.82 Å². The molecule has 0 N–H and O–H groups in total. The highest BCUT2D eigenvalue weighted by Crippen LogP contribution is 2.31. The second-order valence-electron chi connectivity index (χ2n) is 6.26. The van der Waals surface area contributed by atoms with Gasteiger partial charge >= 0.3 is 12.5 Å². The van der Waals surface area contributed by atoms with Crippen LogP contribution in [0.2, 0.25) is 0 Å². The smallest absolute Gasteiger partial charge is 0.406 e. The van der Waals surface area contributed by atoms with Crippen LogP contribution in [0.4, 0.5) is 22.0 Å². The van der Waals surface area contributed by atoms with Crippen molar-refractivity contribution in [1.82, 2.24) is 24.8 Å². The van der Waals surface area contributed by atoms with Gasteiger partial charge in [0.05, 0.1) is 12.3 Å². The van der Waals surface area contributed by atoms with Crippen molar-refractivity contribution in [2.75, 3.05) is 0 Å². The lowest BCUT2D eigenvalue weighted by Gasteiger charge is -2.15. The molecule has 0 unspecified atom stereocenters. The number of alkyl halides is 5. The van der Waals surface area contributed by atoms with E-state index in [2.05, 4.69) is 25.1 Å². The van der Waals surface area contributed by atoms with E-state index in [9.17, 15) is 22.0 Å². The highest BCUT2D eigenvalue weighted by Gasteiger charge is 2.39. The summed E-state index contributed by atoms with van der Waals surface area (Å²) in [5.74, 6) is -1.16. The number of benzene rings is 1. The van der Waals surface area contributed by atoms with Crippen LogP contribution in [0, 0.1) is 0 Å². The molecule has 3 heterocycles. The Morgan fingerprint density at radius 2 is 1.58 bits per heavy atom. The predicted molar refractivity (Wildman–Crippen MR) is 95.8 cm³/mol. The molecule has 0 aliphatic rings. The van der Waals surface area contributed by atoms with Crippen molar-refractivity contribution in [3.63, 3.8) is 0 Å². The summed E-state index contributed by atoms with van der Waals surface area (Å²) in [5.41, 5.74) is 1.26. The lowest BCUT2D eigenvalue weighted by atomic mass is 10.1. The van der Waals surface area contributed by atoms with Gasteiger partial charge in [0.25, 0.3) is 0 Å². The minimum Gasteiger partial charge on any atom is -0.406 e. The van der Waals surface area contributed by atoms with Crippen LogP contribution < -0.4 is 4.74 Å². The van der Waals surface area contributed by atoms with Crippen molar-refractivity contribution in [3.05, 3.63) is 72.4 Å². The Morgan fingerprint density at radius 1 is 0.839 bits per heavy atom. The standard InChI is InChI=1S/C19H12F5N5O2/c20-18(21,30-11-14-2-1-9-25-26-14)17-28-27-16-8-5-13(10-29(16)17)12-3-6-15(7-4-12)31-19(22,23)24/h1-10H,11H2. The monoisotopic (exact) mass is 437 g/mol. The normalized spacial score (nSPS) is 12.3. The number of halogens is 5. The van der Waals surface area contributed by atoms with Gasteiger partial charge in [-0.15, -0.1) is 23.4 Å². The van der Waals surface area contributed by atoms with E-state index in [0.29, 0.717) is 11.1 Å². The summed E-state index contributed by atoms with van der Waals surface area (Å²) in [7, 11) is 0. The molecule has 7 nitrogen and oxygen atoms in total. The number of hydrogen-bond acceptors (Lipinski definition) is 6. The minimum atomic E-state index is -4.81. The zero-order chi connectivity index (χ0) is 22.1. The van der Waals surface area contributed by atoms with Gasteiger partial charge in [0, 0.05) is 12.4 Å². The van der Waals surface area contributed by atoms with Crippen LogP contribution in [0.25, 0.3) is 16.8 Å². The van der Waals surface area contributed by atoms with Gasteiger partial charge in [-0.1, -0.05) is 12.1 Å². The molecule has 0 fully saturated rings. The van der Waals surface area contributed by atoms with E-state index in [0.717, 1.165) is 16.5 Å². The largest absolute Gasteiger partial charge is 0.573 e.